The Labute approximate surface area is 161 Å². The Kier molecular flexibility index (Phi) is 9.29. The lowest BCUT2D eigenvalue weighted by Crippen LogP contribution is -1.86. The van der Waals surface area contributed by atoms with Gasteiger partial charge in [0, 0.05) is 10.6 Å². The highest BCUT2D eigenvalue weighted by atomic mass is 35.5. The van der Waals surface area contributed by atoms with Crippen molar-refractivity contribution >= 4 is 29.7 Å². The molecule has 0 amide bonds. The third kappa shape index (κ3) is 8.16. The van der Waals surface area contributed by atoms with Crippen molar-refractivity contribution in [3.63, 3.8) is 0 Å². The summed E-state index contributed by atoms with van der Waals surface area (Å²) in [4.78, 5) is 11.1. The van der Waals surface area contributed by atoms with Crippen molar-refractivity contribution in [1.82, 2.24) is 0 Å². The highest BCUT2D eigenvalue weighted by Crippen LogP contribution is 2.15. The molecule has 0 radical (unpaired) electrons. The summed E-state index contributed by atoms with van der Waals surface area (Å²) in [5.74, 6) is 2.13. The highest BCUT2D eigenvalue weighted by molar-refractivity contribution is 6.30. The molecule has 0 spiro atoms. The van der Waals surface area contributed by atoms with Gasteiger partial charge >= 0.3 is 0 Å². The predicted molar refractivity (Wildman–Crippen MR) is 113 cm³/mol. The van der Waals surface area contributed by atoms with Gasteiger partial charge in [-0.1, -0.05) is 78.4 Å². The van der Waals surface area contributed by atoms with Crippen molar-refractivity contribution in [1.29, 1.82) is 0 Å². The lowest BCUT2D eigenvalue weighted by atomic mass is 10.0. The molecule has 0 saturated carbocycles. The molecule has 1 nitrogen and oxygen atoms in total. The van der Waals surface area contributed by atoms with Crippen LogP contribution in [0, 0.1) is 0 Å². The molecular weight excluding hydrogens is 340 g/mol. The maximum Gasteiger partial charge on any atom is 0.123 e. The van der Waals surface area contributed by atoms with E-state index in [2.05, 4.69) is 42.4 Å². The first kappa shape index (κ1) is 20.0. The van der Waals surface area contributed by atoms with Gasteiger partial charge in [-0.05, 0) is 61.8 Å². The van der Waals surface area contributed by atoms with E-state index in [1.165, 1.54) is 5.56 Å². The van der Waals surface area contributed by atoms with Crippen molar-refractivity contribution in [2.75, 3.05) is 0 Å². The number of carbonyl (C=O) groups excluding carboxylic acids is 1. The lowest BCUT2D eigenvalue weighted by molar-refractivity contribution is 0.563. The maximum absolute atomic E-state index is 11.1. The van der Waals surface area contributed by atoms with Gasteiger partial charge in [0.1, 0.15) is 5.94 Å². The average Bonchev–Trinajstić information content (AvgIpc) is 2.68. The molecule has 26 heavy (non-hydrogen) atoms. The predicted octanol–water partition coefficient (Wildman–Crippen LogP) is 7.17. The first-order chi connectivity index (χ1) is 12.8. The van der Waals surface area contributed by atoms with Crippen molar-refractivity contribution in [3.8, 4) is 0 Å². The fourth-order valence-electron chi connectivity index (χ4n) is 2.67. The minimum Gasteiger partial charge on any atom is -0.234 e. The zero-order valence-corrected chi connectivity index (χ0v) is 15.8. The van der Waals surface area contributed by atoms with E-state index in [0.717, 1.165) is 54.7 Å². The summed E-state index contributed by atoms with van der Waals surface area (Å²) in [6.07, 6.45) is 14.1. The number of allylic oxidation sites excluding steroid dienone is 3. The SMILES string of the molecule is O=C=C(CCC/C=C/c1ccccc1)CCC/C=C/c1ccc(Cl)cc1. The average molecular weight is 365 g/mol. The molecule has 2 aromatic carbocycles. The van der Waals surface area contributed by atoms with Gasteiger partial charge in [0.05, 0.1) is 0 Å². The molecule has 0 aliphatic carbocycles. The third-order valence-electron chi connectivity index (χ3n) is 4.13. The van der Waals surface area contributed by atoms with E-state index in [0.29, 0.717) is 0 Å². The van der Waals surface area contributed by atoms with Crippen LogP contribution >= 0.6 is 11.6 Å². The molecule has 0 saturated heterocycles. The molecule has 0 aromatic heterocycles. The number of benzene rings is 2. The minimum absolute atomic E-state index is 0.751. The van der Waals surface area contributed by atoms with E-state index in [1.807, 2.05) is 42.5 Å². The van der Waals surface area contributed by atoms with Crippen LogP contribution in [0.4, 0.5) is 0 Å². The molecule has 0 aliphatic heterocycles. The molecule has 2 rings (SSSR count). The van der Waals surface area contributed by atoms with Crippen LogP contribution in [0.5, 0.6) is 0 Å². The Morgan fingerprint density at radius 3 is 1.88 bits per heavy atom. The number of hydrogen-bond acceptors (Lipinski definition) is 1. The van der Waals surface area contributed by atoms with Crippen LogP contribution in [0.2, 0.25) is 5.02 Å². The molecule has 0 N–H and O–H groups in total. The smallest absolute Gasteiger partial charge is 0.123 e. The van der Waals surface area contributed by atoms with E-state index in [1.54, 1.807) is 0 Å². The monoisotopic (exact) mass is 364 g/mol. The zero-order valence-electron chi connectivity index (χ0n) is 15.0. The van der Waals surface area contributed by atoms with Crippen molar-refractivity contribution in [2.24, 2.45) is 0 Å². The Hall–Kier alpha value is -2.34. The van der Waals surface area contributed by atoms with Crippen LogP contribution < -0.4 is 0 Å². The van der Waals surface area contributed by atoms with E-state index < -0.39 is 0 Å². The van der Waals surface area contributed by atoms with E-state index >= 15 is 0 Å². The van der Waals surface area contributed by atoms with Gasteiger partial charge in [-0.2, -0.15) is 0 Å². The fourth-order valence-corrected chi connectivity index (χ4v) is 2.80. The quantitative estimate of drug-likeness (QED) is 0.322. The largest absolute Gasteiger partial charge is 0.234 e. The third-order valence-corrected chi connectivity index (χ3v) is 4.39. The number of halogens is 1. The molecule has 0 atom stereocenters. The van der Waals surface area contributed by atoms with Crippen molar-refractivity contribution < 1.29 is 4.79 Å². The van der Waals surface area contributed by atoms with Crippen LogP contribution in [0.15, 0.2) is 72.3 Å². The number of rotatable bonds is 10. The summed E-state index contributed by atoms with van der Waals surface area (Å²) >= 11 is 5.87. The van der Waals surface area contributed by atoms with Crippen LogP contribution in [0.1, 0.15) is 49.7 Å². The normalized spacial score (nSPS) is 11.1. The molecular formula is C24H25ClO. The summed E-state index contributed by atoms with van der Waals surface area (Å²) in [6.45, 7) is 0. The van der Waals surface area contributed by atoms with Crippen LogP contribution in [-0.4, -0.2) is 5.94 Å². The standard InChI is InChI=1S/C24H25ClO/c25-24-18-16-22(17-19-24)13-7-3-9-15-23(20-26)14-8-2-6-12-21-10-4-1-5-11-21/h1,4-7,10-13,16-19H,2-3,8-9,14-15H2/b12-6+,13-7+. The van der Waals surface area contributed by atoms with Gasteiger partial charge < -0.3 is 0 Å². The van der Waals surface area contributed by atoms with Crippen LogP contribution in [-0.2, 0) is 4.79 Å². The molecule has 0 aliphatic rings. The molecule has 2 aromatic rings. The Balaban J connectivity index is 1.61. The summed E-state index contributed by atoms with van der Waals surface area (Å²) < 4.78 is 0. The van der Waals surface area contributed by atoms with Gasteiger partial charge in [-0.25, -0.2) is 4.79 Å². The summed E-state index contributed by atoms with van der Waals surface area (Å²) in [5.41, 5.74) is 3.26. The Morgan fingerprint density at radius 2 is 1.35 bits per heavy atom. The summed E-state index contributed by atoms with van der Waals surface area (Å²) in [5, 5.41) is 0.751. The maximum atomic E-state index is 11.1. The molecule has 2 heteroatoms. The van der Waals surface area contributed by atoms with Crippen LogP contribution in [0.25, 0.3) is 12.2 Å². The fraction of sp³-hybridized carbons (Fsp3) is 0.250. The topological polar surface area (TPSA) is 17.1 Å². The van der Waals surface area contributed by atoms with Gasteiger partial charge in [0.25, 0.3) is 0 Å². The van der Waals surface area contributed by atoms with Crippen molar-refractivity contribution in [2.45, 2.75) is 38.5 Å². The van der Waals surface area contributed by atoms with Gasteiger partial charge in [0.15, 0.2) is 0 Å². The van der Waals surface area contributed by atoms with E-state index in [4.69, 9.17) is 11.6 Å². The zero-order chi connectivity index (χ0) is 18.5. The van der Waals surface area contributed by atoms with Gasteiger partial charge in [-0.3, -0.25) is 0 Å². The Morgan fingerprint density at radius 1 is 0.808 bits per heavy atom. The van der Waals surface area contributed by atoms with Crippen molar-refractivity contribution in [3.05, 3.63) is 88.5 Å². The van der Waals surface area contributed by atoms with E-state index in [-0.39, 0.29) is 0 Å². The summed E-state index contributed by atoms with van der Waals surface area (Å²) in [6, 6.07) is 18.0. The molecule has 0 fully saturated rings. The number of hydrogen-bond donors (Lipinski definition) is 0. The highest BCUT2D eigenvalue weighted by Gasteiger charge is 1.98. The Bertz CT molecular complexity index is 751. The molecule has 0 heterocycles. The summed E-state index contributed by atoms with van der Waals surface area (Å²) in [7, 11) is 0. The number of unbranched alkanes of at least 4 members (excludes halogenated alkanes) is 2. The second-order valence-corrected chi connectivity index (χ2v) is 6.69. The molecule has 134 valence electrons. The first-order valence-electron chi connectivity index (χ1n) is 9.14. The second kappa shape index (κ2) is 12.1. The molecule has 0 bridgehead atoms. The lowest BCUT2D eigenvalue weighted by Gasteiger charge is -2.01. The van der Waals surface area contributed by atoms with Crippen LogP contribution in [0.3, 0.4) is 0 Å². The van der Waals surface area contributed by atoms with Gasteiger partial charge in [0.2, 0.25) is 0 Å². The first-order valence-corrected chi connectivity index (χ1v) is 9.52. The van der Waals surface area contributed by atoms with Gasteiger partial charge in [-0.15, -0.1) is 0 Å². The minimum atomic E-state index is 0.751. The molecule has 0 unspecified atom stereocenters. The second-order valence-electron chi connectivity index (χ2n) is 6.26. The van der Waals surface area contributed by atoms with E-state index in [9.17, 15) is 4.79 Å².